The molecule has 0 aromatic heterocycles. The molecule has 2 fully saturated rings. The molecule has 1 unspecified atom stereocenters. The summed E-state index contributed by atoms with van der Waals surface area (Å²) in [6, 6.07) is 0. The molecule has 0 aromatic rings. The normalized spacial score (nSPS) is 23.7. The van der Waals surface area contributed by atoms with Gasteiger partial charge in [0.1, 0.15) is 0 Å². The zero-order chi connectivity index (χ0) is 17.7. The van der Waals surface area contributed by atoms with E-state index in [2.05, 4.69) is 15.2 Å². The van der Waals surface area contributed by atoms with E-state index in [9.17, 15) is 18.0 Å². The van der Waals surface area contributed by atoms with E-state index in [1.165, 1.54) is 4.90 Å². The van der Waals surface area contributed by atoms with Crippen molar-refractivity contribution in [2.45, 2.75) is 19.5 Å². The molecule has 0 aromatic carbocycles. The SMILES string of the molecule is CN=C(NCC1CCN(CC(F)(F)F)C1)N1CCN(C(C)=O)CC1. The Morgan fingerprint density at radius 3 is 2.33 bits per heavy atom. The maximum atomic E-state index is 12.4. The Bertz CT molecular complexity index is 461. The monoisotopic (exact) mass is 349 g/mol. The first-order chi connectivity index (χ1) is 11.3. The number of guanidine groups is 1. The van der Waals surface area contributed by atoms with Crippen molar-refractivity contribution in [3.05, 3.63) is 0 Å². The Balaban J connectivity index is 1.74. The molecule has 6 nitrogen and oxygen atoms in total. The quantitative estimate of drug-likeness (QED) is 0.599. The molecule has 1 amide bonds. The number of nitrogens with one attached hydrogen (secondary N) is 1. The second kappa shape index (κ2) is 8.04. The Morgan fingerprint density at radius 1 is 1.17 bits per heavy atom. The molecule has 9 heteroatoms. The molecule has 0 saturated carbocycles. The molecule has 2 rings (SSSR count). The molecule has 2 heterocycles. The van der Waals surface area contributed by atoms with Crippen LogP contribution in [-0.4, -0.2) is 92.1 Å². The van der Waals surface area contributed by atoms with E-state index in [1.54, 1.807) is 18.9 Å². The largest absolute Gasteiger partial charge is 0.401 e. The summed E-state index contributed by atoms with van der Waals surface area (Å²) in [4.78, 5) is 21.0. The molecule has 2 aliphatic heterocycles. The van der Waals surface area contributed by atoms with Gasteiger partial charge in [0.05, 0.1) is 6.54 Å². The number of piperazine rings is 1. The zero-order valence-electron chi connectivity index (χ0n) is 14.3. The number of hydrogen-bond acceptors (Lipinski definition) is 3. The second-order valence-corrected chi connectivity index (χ2v) is 6.43. The predicted molar refractivity (Wildman–Crippen MR) is 85.8 cm³/mol. The van der Waals surface area contributed by atoms with Crippen molar-refractivity contribution in [3.63, 3.8) is 0 Å². The molecule has 0 spiro atoms. The lowest BCUT2D eigenvalue weighted by molar-refractivity contribution is -0.143. The van der Waals surface area contributed by atoms with Crippen molar-refractivity contribution >= 4 is 11.9 Å². The van der Waals surface area contributed by atoms with Gasteiger partial charge < -0.3 is 15.1 Å². The number of alkyl halides is 3. The van der Waals surface area contributed by atoms with E-state index < -0.39 is 12.7 Å². The second-order valence-electron chi connectivity index (χ2n) is 6.43. The van der Waals surface area contributed by atoms with Gasteiger partial charge in [-0.05, 0) is 18.9 Å². The summed E-state index contributed by atoms with van der Waals surface area (Å²) in [6.07, 6.45) is -3.37. The predicted octanol–water partition coefficient (Wildman–Crippen LogP) is 0.610. The molecule has 2 saturated heterocycles. The van der Waals surface area contributed by atoms with E-state index >= 15 is 0 Å². The highest BCUT2D eigenvalue weighted by Crippen LogP contribution is 2.22. The summed E-state index contributed by atoms with van der Waals surface area (Å²) < 4.78 is 37.3. The van der Waals surface area contributed by atoms with Crippen molar-refractivity contribution in [2.24, 2.45) is 10.9 Å². The van der Waals surface area contributed by atoms with Crippen molar-refractivity contribution < 1.29 is 18.0 Å². The van der Waals surface area contributed by atoms with Gasteiger partial charge in [-0.15, -0.1) is 0 Å². The van der Waals surface area contributed by atoms with Crippen LogP contribution in [0.25, 0.3) is 0 Å². The zero-order valence-corrected chi connectivity index (χ0v) is 14.3. The van der Waals surface area contributed by atoms with Crippen LogP contribution in [0.15, 0.2) is 4.99 Å². The van der Waals surface area contributed by atoms with Gasteiger partial charge in [-0.25, -0.2) is 0 Å². The molecular formula is C15H26F3N5O. The Kier molecular flexibility index (Phi) is 6.31. The average molecular weight is 349 g/mol. The summed E-state index contributed by atoms with van der Waals surface area (Å²) in [5.41, 5.74) is 0. The van der Waals surface area contributed by atoms with Gasteiger partial charge in [0.15, 0.2) is 5.96 Å². The van der Waals surface area contributed by atoms with Crippen LogP contribution in [0, 0.1) is 5.92 Å². The number of amides is 1. The van der Waals surface area contributed by atoms with E-state index in [1.807, 2.05) is 0 Å². The number of carbonyl (C=O) groups is 1. The summed E-state index contributed by atoms with van der Waals surface area (Å²) in [6.45, 7) is 5.06. The Hall–Kier alpha value is -1.51. The molecule has 0 aliphatic carbocycles. The number of aliphatic imine (C=N–C) groups is 1. The van der Waals surface area contributed by atoms with Gasteiger partial charge in [-0.1, -0.05) is 0 Å². The standard InChI is InChI=1S/C15H26F3N5O/c1-12(24)22-5-7-23(8-6-22)14(19-2)20-9-13-3-4-21(10-13)11-15(16,17)18/h13H,3-11H2,1-2H3,(H,19,20). The smallest absolute Gasteiger partial charge is 0.356 e. The number of rotatable bonds is 3. The van der Waals surface area contributed by atoms with Crippen molar-refractivity contribution in [2.75, 3.05) is 59.4 Å². The fourth-order valence-electron chi connectivity index (χ4n) is 3.28. The van der Waals surface area contributed by atoms with Crippen molar-refractivity contribution in [1.82, 2.24) is 20.0 Å². The molecule has 0 bridgehead atoms. The van der Waals surface area contributed by atoms with E-state index in [4.69, 9.17) is 0 Å². The summed E-state index contributed by atoms with van der Waals surface area (Å²) >= 11 is 0. The van der Waals surface area contributed by atoms with E-state index in [0.717, 1.165) is 12.4 Å². The van der Waals surface area contributed by atoms with Gasteiger partial charge in [0, 0.05) is 53.2 Å². The third kappa shape index (κ3) is 5.54. The first-order valence-corrected chi connectivity index (χ1v) is 8.28. The third-order valence-electron chi connectivity index (χ3n) is 4.56. The van der Waals surface area contributed by atoms with E-state index in [0.29, 0.717) is 45.8 Å². The van der Waals surface area contributed by atoms with Crippen LogP contribution in [-0.2, 0) is 4.79 Å². The van der Waals surface area contributed by atoms with Gasteiger partial charge >= 0.3 is 6.18 Å². The first-order valence-electron chi connectivity index (χ1n) is 8.28. The van der Waals surface area contributed by atoms with Crippen molar-refractivity contribution in [3.8, 4) is 0 Å². The van der Waals surface area contributed by atoms with Crippen LogP contribution in [0.2, 0.25) is 0 Å². The van der Waals surface area contributed by atoms with Gasteiger partial charge in [0.2, 0.25) is 5.91 Å². The van der Waals surface area contributed by atoms with Crippen LogP contribution in [0.3, 0.4) is 0 Å². The molecule has 1 atom stereocenters. The average Bonchev–Trinajstić information content (AvgIpc) is 2.93. The molecule has 0 radical (unpaired) electrons. The summed E-state index contributed by atoms with van der Waals surface area (Å²) in [5.74, 6) is 1.03. The third-order valence-corrected chi connectivity index (χ3v) is 4.56. The van der Waals surface area contributed by atoms with Crippen LogP contribution in [0.1, 0.15) is 13.3 Å². The lowest BCUT2D eigenvalue weighted by atomic mass is 10.1. The summed E-state index contributed by atoms with van der Waals surface area (Å²) in [7, 11) is 1.70. The minimum absolute atomic E-state index is 0.0771. The minimum atomic E-state index is -4.13. The highest BCUT2D eigenvalue weighted by molar-refractivity contribution is 5.80. The highest BCUT2D eigenvalue weighted by atomic mass is 19.4. The molecule has 24 heavy (non-hydrogen) atoms. The van der Waals surface area contributed by atoms with Crippen LogP contribution in [0.5, 0.6) is 0 Å². The van der Waals surface area contributed by atoms with E-state index in [-0.39, 0.29) is 11.8 Å². The van der Waals surface area contributed by atoms with Crippen LogP contribution >= 0.6 is 0 Å². The highest BCUT2D eigenvalue weighted by Gasteiger charge is 2.34. The first kappa shape index (κ1) is 18.8. The molecule has 2 aliphatic rings. The van der Waals surface area contributed by atoms with Gasteiger partial charge in [-0.2, -0.15) is 13.2 Å². The molecule has 138 valence electrons. The fraction of sp³-hybridized carbons (Fsp3) is 0.867. The van der Waals surface area contributed by atoms with Gasteiger partial charge in [-0.3, -0.25) is 14.7 Å². The fourth-order valence-corrected chi connectivity index (χ4v) is 3.28. The number of halogens is 3. The lowest BCUT2D eigenvalue weighted by Crippen LogP contribution is -2.54. The van der Waals surface area contributed by atoms with Crippen molar-refractivity contribution in [1.29, 1.82) is 0 Å². The summed E-state index contributed by atoms with van der Waals surface area (Å²) in [5, 5.41) is 3.27. The number of hydrogen-bond donors (Lipinski definition) is 1. The maximum absolute atomic E-state index is 12.4. The van der Waals surface area contributed by atoms with Crippen LogP contribution in [0.4, 0.5) is 13.2 Å². The molecular weight excluding hydrogens is 323 g/mol. The minimum Gasteiger partial charge on any atom is -0.356 e. The topological polar surface area (TPSA) is 51.2 Å². The Labute approximate surface area is 140 Å². The number of nitrogens with zero attached hydrogens (tertiary/aromatic N) is 4. The molecule has 1 N–H and O–H groups in total. The number of likely N-dealkylation sites (tertiary alicyclic amines) is 1. The van der Waals surface area contributed by atoms with Crippen LogP contribution < -0.4 is 5.32 Å². The Morgan fingerprint density at radius 2 is 1.79 bits per heavy atom. The van der Waals surface area contributed by atoms with Gasteiger partial charge in [0.25, 0.3) is 0 Å². The number of carbonyl (C=O) groups excluding carboxylic acids is 1. The maximum Gasteiger partial charge on any atom is 0.401 e. The lowest BCUT2D eigenvalue weighted by Gasteiger charge is -2.36.